The fourth-order valence-electron chi connectivity index (χ4n) is 2.52. The summed E-state index contributed by atoms with van der Waals surface area (Å²) in [5.41, 5.74) is 1.08. The third-order valence-corrected chi connectivity index (χ3v) is 3.52. The molecule has 1 aliphatic heterocycles. The molecule has 0 spiro atoms. The van der Waals surface area contributed by atoms with Crippen LogP contribution in [0.5, 0.6) is 5.75 Å². The molecule has 1 aromatic rings. The lowest BCUT2D eigenvalue weighted by atomic mass is 10.0. The van der Waals surface area contributed by atoms with E-state index >= 15 is 0 Å². The summed E-state index contributed by atoms with van der Waals surface area (Å²) < 4.78 is 5.42. The topological polar surface area (TPSA) is 41.6 Å². The molecule has 0 saturated carbocycles. The summed E-state index contributed by atoms with van der Waals surface area (Å²) in [7, 11) is 1.67. The van der Waals surface area contributed by atoms with Crippen LogP contribution in [-0.2, 0) is 4.79 Å². The smallest absolute Gasteiger partial charge is 0.225 e. The number of ether oxygens (including phenoxy) is 1. The molecular formula is C15H23ClN2O2. The fourth-order valence-corrected chi connectivity index (χ4v) is 2.52. The van der Waals surface area contributed by atoms with Crippen LogP contribution in [0.1, 0.15) is 25.5 Å². The lowest BCUT2D eigenvalue weighted by Crippen LogP contribution is -2.50. The van der Waals surface area contributed by atoms with Crippen LogP contribution >= 0.6 is 12.4 Å². The van der Waals surface area contributed by atoms with Gasteiger partial charge in [0.05, 0.1) is 13.2 Å². The van der Waals surface area contributed by atoms with E-state index in [4.69, 9.17) is 4.74 Å². The molecule has 5 heteroatoms. The van der Waals surface area contributed by atoms with Gasteiger partial charge < -0.3 is 15.0 Å². The van der Waals surface area contributed by atoms with Gasteiger partial charge in [0.1, 0.15) is 5.75 Å². The monoisotopic (exact) mass is 298 g/mol. The number of carbonyl (C=O) groups is 1. The van der Waals surface area contributed by atoms with E-state index < -0.39 is 0 Å². The molecule has 4 nitrogen and oxygen atoms in total. The third kappa shape index (κ3) is 3.44. The van der Waals surface area contributed by atoms with Crippen molar-refractivity contribution < 1.29 is 9.53 Å². The average molecular weight is 299 g/mol. The van der Waals surface area contributed by atoms with E-state index in [0.29, 0.717) is 0 Å². The maximum Gasteiger partial charge on any atom is 0.225 e. The summed E-state index contributed by atoms with van der Waals surface area (Å²) >= 11 is 0. The van der Waals surface area contributed by atoms with Gasteiger partial charge in [-0.1, -0.05) is 32.0 Å². The Morgan fingerprint density at radius 1 is 1.40 bits per heavy atom. The first-order valence-corrected chi connectivity index (χ1v) is 6.79. The lowest BCUT2D eigenvalue weighted by Gasteiger charge is -2.38. The zero-order valence-electron chi connectivity index (χ0n) is 12.3. The predicted molar refractivity (Wildman–Crippen MR) is 82.4 cm³/mol. The van der Waals surface area contributed by atoms with Gasteiger partial charge in [-0.25, -0.2) is 0 Å². The molecular weight excluding hydrogens is 276 g/mol. The number of nitrogens with one attached hydrogen (secondary N) is 1. The number of halogens is 1. The summed E-state index contributed by atoms with van der Waals surface area (Å²) in [6.45, 7) is 6.27. The van der Waals surface area contributed by atoms with Crippen LogP contribution in [0.2, 0.25) is 0 Å². The van der Waals surface area contributed by atoms with Crippen LogP contribution in [0.15, 0.2) is 24.3 Å². The van der Waals surface area contributed by atoms with E-state index in [9.17, 15) is 4.79 Å². The highest BCUT2D eigenvalue weighted by Gasteiger charge is 2.30. The van der Waals surface area contributed by atoms with Gasteiger partial charge in [-0.15, -0.1) is 12.4 Å². The maximum atomic E-state index is 12.3. The maximum absolute atomic E-state index is 12.3. The molecule has 0 aromatic heterocycles. The average Bonchev–Trinajstić information content (AvgIpc) is 2.46. The molecule has 1 fully saturated rings. The summed E-state index contributed by atoms with van der Waals surface area (Å²) in [5.74, 6) is 1.07. The molecule has 1 aliphatic rings. The van der Waals surface area contributed by atoms with Crippen molar-refractivity contribution in [3.05, 3.63) is 29.8 Å². The van der Waals surface area contributed by atoms with Crippen molar-refractivity contribution >= 4 is 18.3 Å². The number of rotatable bonds is 3. The Morgan fingerprint density at radius 3 is 2.75 bits per heavy atom. The second-order valence-electron chi connectivity index (χ2n) is 5.15. The fraction of sp³-hybridized carbons (Fsp3) is 0.533. The summed E-state index contributed by atoms with van der Waals surface area (Å²) in [5, 5.41) is 3.36. The van der Waals surface area contributed by atoms with E-state index in [0.717, 1.165) is 30.9 Å². The van der Waals surface area contributed by atoms with Crippen molar-refractivity contribution in [1.29, 1.82) is 0 Å². The molecule has 0 aliphatic carbocycles. The highest BCUT2D eigenvalue weighted by molar-refractivity contribution is 5.85. The SMILES string of the molecule is COc1ccccc1C1CNCCN1C(=O)C(C)C.Cl. The van der Waals surface area contributed by atoms with E-state index in [1.807, 2.05) is 43.0 Å². The quantitative estimate of drug-likeness (QED) is 0.930. The van der Waals surface area contributed by atoms with Gasteiger partial charge in [0.15, 0.2) is 0 Å². The molecule has 1 amide bonds. The Labute approximate surface area is 126 Å². The van der Waals surface area contributed by atoms with Gasteiger partial charge in [-0.3, -0.25) is 4.79 Å². The number of carbonyl (C=O) groups excluding carboxylic acids is 1. The number of piperazine rings is 1. The van der Waals surface area contributed by atoms with Crippen molar-refractivity contribution in [3.8, 4) is 5.75 Å². The van der Waals surface area contributed by atoms with Crippen molar-refractivity contribution in [1.82, 2.24) is 10.2 Å². The van der Waals surface area contributed by atoms with Crippen LogP contribution in [-0.4, -0.2) is 37.6 Å². The standard InChI is InChI=1S/C15H22N2O2.ClH/c1-11(2)15(18)17-9-8-16-10-13(17)12-6-4-5-7-14(12)19-3;/h4-7,11,13,16H,8-10H2,1-3H3;1H. The second-order valence-corrected chi connectivity index (χ2v) is 5.15. The first-order valence-electron chi connectivity index (χ1n) is 6.79. The minimum absolute atomic E-state index is 0. The Bertz CT molecular complexity index is 451. The number of hydrogen-bond donors (Lipinski definition) is 1. The van der Waals surface area contributed by atoms with Crippen molar-refractivity contribution in [2.75, 3.05) is 26.7 Å². The van der Waals surface area contributed by atoms with Gasteiger partial charge in [-0.2, -0.15) is 0 Å². The molecule has 20 heavy (non-hydrogen) atoms. The van der Waals surface area contributed by atoms with E-state index in [-0.39, 0.29) is 30.3 Å². The van der Waals surface area contributed by atoms with Gasteiger partial charge in [-0.05, 0) is 6.07 Å². The molecule has 0 radical (unpaired) electrons. The van der Waals surface area contributed by atoms with Gasteiger partial charge >= 0.3 is 0 Å². The number of hydrogen-bond acceptors (Lipinski definition) is 3. The summed E-state index contributed by atoms with van der Waals surface area (Å²) in [4.78, 5) is 14.3. The highest BCUT2D eigenvalue weighted by atomic mass is 35.5. The van der Waals surface area contributed by atoms with Crippen molar-refractivity contribution in [3.63, 3.8) is 0 Å². The molecule has 1 saturated heterocycles. The number of benzene rings is 1. The van der Waals surface area contributed by atoms with E-state index in [1.54, 1.807) is 7.11 Å². The predicted octanol–water partition coefficient (Wildman–Crippen LogP) is 2.25. The molecule has 1 aromatic carbocycles. The summed E-state index contributed by atoms with van der Waals surface area (Å²) in [6.07, 6.45) is 0. The lowest BCUT2D eigenvalue weighted by molar-refractivity contribution is -0.137. The number of nitrogens with zero attached hydrogens (tertiary/aromatic N) is 1. The van der Waals surface area contributed by atoms with Crippen LogP contribution in [0.3, 0.4) is 0 Å². The molecule has 0 bridgehead atoms. The van der Waals surface area contributed by atoms with Gasteiger partial charge in [0.25, 0.3) is 0 Å². The van der Waals surface area contributed by atoms with Crippen LogP contribution in [0.25, 0.3) is 0 Å². The molecule has 1 heterocycles. The number of para-hydroxylation sites is 1. The minimum Gasteiger partial charge on any atom is -0.496 e. The van der Waals surface area contributed by atoms with Crippen LogP contribution < -0.4 is 10.1 Å². The molecule has 1 atom stereocenters. The molecule has 2 rings (SSSR count). The second kappa shape index (κ2) is 7.50. The highest BCUT2D eigenvalue weighted by Crippen LogP contribution is 2.30. The van der Waals surface area contributed by atoms with Crippen molar-refractivity contribution in [2.45, 2.75) is 19.9 Å². The Kier molecular flexibility index (Phi) is 6.30. The number of amides is 1. The molecule has 1 N–H and O–H groups in total. The van der Waals surface area contributed by atoms with Gasteiger partial charge in [0.2, 0.25) is 5.91 Å². The summed E-state index contributed by atoms with van der Waals surface area (Å²) in [6, 6.07) is 7.98. The first-order chi connectivity index (χ1) is 9.15. The van der Waals surface area contributed by atoms with Crippen LogP contribution in [0.4, 0.5) is 0 Å². The number of methoxy groups -OCH3 is 1. The zero-order valence-corrected chi connectivity index (χ0v) is 13.1. The van der Waals surface area contributed by atoms with Crippen LogP contribution in [0, 0.1) is 5.92 Å². The Balaban J connectivity index is 0.00000200. The van der Waals surface area contributed by atoms with E-state index in [2.05, 4.69) is 5.32 Å². The van der Waals surface area contributed by atoms with E-state index in [1.165, 1.54) is 0 Å². The Morgan fingerprint density at radius 2 is 2.10 bits per heavy atom. The third-order valence-electron chi connectivity index (χ3n) is 3.52. The first kappa shape index (κ1) is 16.8. The van der Waals surface area contributed by atoms with Crippen molar-refractivity contribution in [2.24, 2.45) is 5.92 Å². The molecule has 1 unspecified atom stereocenters. The normalized spacial score (nSPS) is 18.6. The Hall–Kier alpha value is -1.26. The minimum atomic E-state index is 0. The van der Waals surface area contributed by atoms with Gasteiger partial charge in [0, 0.05) is 31.1 Å². The zero-order chi connectivity index (χ0) is 13.8. The molecule has 112 valence electrons. The largest absolute Gasteiger partial charge is 0.496 e.